The molecule has 4 heteroatoms. The van der Waals surface area contributed by atoms with E-state index in [2.05, 4.69) is 21.2 Å². The zero-order valence-corrected chi connectivity index (χ0v) is 12.3. The first kappa shape index (κ1) is 13.4. The molecule has 2 rings (SSSR count). The fourth-order valence-corrected chi connectivity index (χ4v) is 2.87. The Morgan fingerprint density at radius 1 is 1.50 bits per heavy atom. The molecule has 0 aromatic heterocycles. The Labute approximate surface area is 116 Å². The van der Waals surface area contributed by atoms with Crippen LogP contribution in [0.1, 0.15) is 35.2 Å². The Kier molecular flexibility index (Phi) is 3.95. The molecule has 1 aliphatic rings. The third-order valence-corrected chi connectivity index (χ3v) is 4.69. The second-order valence-electron chi connectivity index (χ2n) is 4.91. The Balaban J connectivity index is 2.13. The van der Waals surface area contributed by atoms with E-state index in [1.807, 2.05) is 19.1 Å². The highest BCUT2D eigenvalue weighted by Crippen LogP contribution is 2.33. The highest BCUT2D eigenvalue weighted by atomic mass is 79.9. The summed E-state index contributed by atoms with van der Waals surface area (Å²) in [5.41, 5.74) is 1.65. The predicted octanol–water partition coefficient (Wildman–Crippen LogP) is 3.05. The normalized spacial score (nSPS) is 16.8. The summed E-state index contributed by atoms with van der Waals surface area (Å²) >= 11 is 3.48. The Morgan fingerprint density at radius 3 is 2.72 bits per heavy atom. The topological polar surface area (TPSA) is 38.3 Å². The quantitative estimate of drug-likeness (QED) is 0.868. The maximum Gasteiger partial charge on any atom is 0.251 e. The minimum Gasteiger partial charge on any atom is -0.496 e. The molecule has 0 radical (unpaired) electrons. The van der Waals surface area contributed by atoms with E-state index in [9.17, 15) is 4.79 Å². The van der Waals surface area contributed by atoms with Crippen LogP contribution in [-0.2, 0) is 0 Å². The average molecular weight is 312 g/mol. The van der Waals surface area contributed by atoms with E-state index < -0.39 is 0 Å². The molecule has 0 unspecified atom stereocenters. The number of nitrogens with one attached hydrogen (secondary N) is 1. The summed E-state index contributed by atoms with van der Waals surface area (Å²) < 4.78 is 5.24. The molecule has 0 bridgehead atoms. The molecule has 1 fully saturated rings. The number of alkyl halides is 1. The van der Waals surface area contributed by atoms with Crippen molar-refractivity contribution in [3.63, 3.8) is 0 Å². The number of carbonyl (C=O) groups excluding carboxylic acids is 1. The summed E-state index contributed by atoms with van der Waals surface area (Å²) in [5, 5.41) is 3.94. The maximum atomic E-state index is 12.2. The number of benzene rings is 1. The van der Waals surface area contributed by atoms with Gasteiger partial charge in [-0.1, -0.05) is 22.0 Å². The van der Waals surface area contributed by atoms with Crippen LogP contribution in [0.3, 0.4) is 0 Å². The van der Waals surface area contributed by atoms with Crippen molar-refractivity contribution < 1.29 is 9.53 Å². The van der Waals surface area contributed by atoms with Gasteiger partial charge in [0.05, 0.1) is 12.6 Å². The lowest BCUT2D eigenvalue weighted by Gasteiger charge is -2.41. The SMILES string of the molecule is COc1cc(C(=O)NC2(CBr)CCC2)ccc1C. The van der Waals surface area contributed by atoms with Gasteiger partial charge in [-0.3, -0.25) is 4.79 Å². The van der Waals surface area contributed by atoms with Crippen LogP contribution in [-0.4, -0.2) is 23.9 Å². The largest absolute Gasteiger partial charge is 0.496 e. The van der Waals surface area contributed by atoms with Gasteiger partial charge < -0.3 is 10.1 Å². The van der Waals surface area contributed by atoms with Crippen LogP contribution in [0.25, 0.3) is 0 Å². The Morgan fingerprint density at radius 2 is 2.22 bits per heavy atom. The Bertz CT molecular complexity index is 450. The van der Waals surface area contributed by atoms with E-state index in [4.69, 9.17) is 4.74 Å². The summed E-state index contributed by atoms with van der Waals surface area (Å²) in [6.45, 7) is 1.96. The van der Waals surface area contributed by atoms with Gasteiger partial charge in [0, 0.05) is 10.9 Å². The van der Waals surface area contributed by atoms with Crippen molar-refractivity contribution in [1.82, 2.24) is 5.32 Å². The predicted molar refractivity (Wildman–Crippen MR) is 75.6 cm³/mol. The minimum absolute atomic E-state index is 0.0209. The number of aryl methyl sites for hydroxylation is 1. The van der Waals surface area contributed by atoms with Gasteiger partial charge in [-0.15, -0.1) is 0 Å². The summed E-state index contributed by atoms with van der Waals surface area (Å²) in [5.74, 6) is 0.733. The highest BCUT2D eigenvalue weighted by molar-refractivity contribution is 9.09. The standard InChI is InChI=1S/C14H18BrNO2/c1-10-4-5-11(8-12(10)18-2)13(17)16-14(9-15)6-3-7-14/h4-5,8H,3,6-7,9H2,1-2H3,(H,16,17). The minimum atomic E-state index is -0.0464. The van der Waals surface area contributed by atoms with Gasteiger partial charge in [0.1, 0.15) is 5.75 Å². The van der Waals surface area contributed by atoms with E-state index in [0.717, 1.165) is 29.5 Å². The molecular formula is C14H18BrNO2. The molecule has 1 aromatic carbocycles. The smallest absolute Gasteiger partial charge is 0.251 e. The van der Waals surface area contributed by atoms with E-state index >= 15 is 0 Å². The maximum absolute atomic E-state index is 12.2. The Hall–Kier alpha value is -1.03. The molecule has 3 nitrogen and oxygen atoms in total. The molecule has 1 N–H and O–H groups in total. The molecule has 0 spiro atoms. The first-order valence-corrected chi connectivity index (χ1v) is 7.25. The van der Waals surface area contributed by atoms with Crippen molar-refractivity contribution in [3.05, 3.63) is 29.3 Å². The van der Waals surface area contributed by atoms with Crippen molar-refractivity contribution >= 4 is 21.8 Å². The van der Waals surface area contributed by atoms with Crippen molar-refractivity contribution in [3.8, 4) is 5.75 Å². The molecule has 0 saturated heterocycles. The number of halogens is 1. The van der Waals surface area contributed by atoms with Crippen molar-refractivity contribution in [2.75, 3.05) is 12.4 Å². The highest BCUT2D eigenvalue weighted by Gasteiger charge is 2.37. The molecule has 1 aliphatic carbocycles. The monoisotopic (exact) mass is 311 g/mol. The summed E-state index contributed by atoms with van der Waals surface area (Å²) in [4.78, 5) is 12.2. The molecule has 0 aliphatic heterocycles. The number of hydrogen-bond acceptors (Lipinski definition) is 2. The van der Waals surface area contributed by atoms with Gasteiger partial charge in [-0.25, -0.2) is 0 Å². The van der Waals surface area contributed by atoms with Crippen LogP contribution in [0, 0.1) is 6.92 Å². The van der Waals surface area contributed by atoms with E-state index in [-0.39, 0.29) is 11.4 Å². The van der Waals surface area contributed by atoms with Gasteiger partial charge >= 0.3 is 0 Å². The molecule has 0 atom stereocenters. The van der Waals surface area contributed by atoms with Crippen molar-refractivity contribution in [1.29, 1.82) is 0 Å². The number of carbonyl (C=O) groups is 1. The van der Waals surface area contributed by atoms with Gasteiger partial charge in [-0.2, -0.15) is 0 Å². The van der Waals surface area contributed by atoms with E-state index in [1.54, 1.807) is 13.2 Å². The summed E-state index contributed by atoms with van der Waals surface area (Å²) in [6, 6.07) is 5.55. The fraction of sp³-hybridized carbons (Fsp3) is 0.500. The van der Waals surface area contributed by atoms with Crippen LogP contribution in [0.15, 0.2) is 18.2 Å². The second-order valence-corrected chi connectivity index (χ2v) is 5.47. The molecule has 1 saturated carbocycles. The summed E-state index contributed by atoms with van der Waals surface area (Å²) in [6.07, 6.45) is 3.28. The summed E-state index contributed by atoms with van der Waals surface area (Å²) in [7, 11) is 1.62. The number of rotatable bonds is 4. The number of ether oxygens (including phenoxy) is 1. The zero-order chi connectivity index (χ0) is 13.2. The van der Waals surface area contributed by atoms with Crippen LogP contribution < -0.4 is 10.1 Å². The fourth-order valence-electron chi connectivity index (χ4n) is 2.17. The number of amides is 1. The molecular weight excluding hydrogens is 294 g/mol. The number of methoxy groups -OCH3 is 1. The van der Waals surface area contributed by atoms with Crippen LogP contribution in [0.5, 0.6) is 5.75 Å². The molecule has 98 valence electrons. The van der Waals surface area contributed by atoms with Gasteiger partial charge in [0.25, 0.3) is 5.91 Å². The van der Waals surface area contributed by atoms with Crippen LogP contribution in [0.4, 0.5) is 0 Å². The average Bonchev–Trinajstić information content (AvgIpc) is 2.34. The second kappa shape index (κ2) is 5.31. The van der Waals surface area contributed by atoms with Crippen molar-refractivity contribution in [2.45, 2.75) is 31.7 Å². The van der Waals surface area contributed by atoms with Crippen LogP contribution in [0.2, 0.25) is 0 Å². The number of hydrogen-bond donors (Lipinski definition) is 1. The zero-order valence-electron chi connectivity index (χ0n) is 10.8. The molecule has 1 amide bonds. The molecule has 18 heavy (non-hydrogen) atoms. The lowest BCUT2D eigenvalue weighted by Crippen LogP contribution is -2.54. The molecule has 1 aromatic rings. The van der Waals surface area contributed by atoms with Crippen LogP contribution >= 0.6 is 15.9 Å². The third-order valence-electron chi connectivity index (χ3n) is 3.62. The van der Waals surface area contributed by atoms with Crippen molar-refractivity contribution in [2.24, 2.45) is 0 Å². The molecule has 0 heterocycles. The van der Waals surface area contributed by atoms with E-state index in [1.165, 1.54) is 6.42 Å². The lowest BCUT2D eigenvalue weighted by atomic mass is 9.78. The third kappa shape index (κ3) is 2.53. The van der Waals surface area contributed by atoms with Gasteiger partial charge in [-0.05, 0) is 43.9 Å². The first-order chi connectivity index (χ1) is 8.60. The lowest BCUT2D eigenvalue weighted by molar-refractivity contribution is 0.0856. The van der Waals surface area contributed by atoms with Gasteiger partial charge in [0.15, 0.2) is 0 Å². The van der Waals surface area contributed by atoms with E-state index in [0.29, 0.717) is 5.56 Å². The first-order valence-electron chi connectivity index (χ1n) is 6.13. The van der Waals surface area contributed by atoms with Gasteiger partial charge in [0.2, 0.25) is 0 Å².